The second-order valence-corrected chi connectivity index (χ2v) is 3.78. The highest BCUT2D eigenvalue weighted by atomic mass is 19.1. The monoisotopic (exact) mass is 208 g/mol. The third kappa shape index (κ3) is 2.15. The minimum Gasteiger partial charge on any atom is -0.337 e. The smallest absolute Gasteiger partial charge is 0.239 e. The Labute approximate surface area is 87.7 Å². The minimum atomic E-state index is -0.356. The average Bonchev–Trinajstić information content (AvgIpc) is 2.53. The number of nitrogens with zero attached hydrogens (tertiary/aromatic N) is 1. The van der Waals surface area contributed by atoms with Gasteiger partial charge >= 0.3 is 0 Å². The molecule has 0 aromatic heterocycles. The molecule has 1 aromatic carbocycles. The molecule has 0 aliphatic carbocycles. The second-order valence-electron chi connectivity index (χ2n) is 3.78. The van der Waals surface area contributed by atoms with Crippen molar-refractivity contribution in [2.45, 2.75) is 19.0 Å². The summed E-state index contributed by atoms with van der Waals surface area (Å²) >= 11 is 0. The van der Waals surface area contributed by atoms with Crippen molar-refractivity contribution in [1.29, 1.82) is 0 Å². The van der Waals surface area contributed by atoms with Crippen LogP contribution < -0.4 is 5.73 Å². The van der Waals surface area contributed by atoms with Crippen molar-refractivity contribution in [3.05, 3.63) is 35.6 Å². The second kappa shape index (κ2) is 3.98. The van der Waals surface area contributed by atoms with Crippen molar-refractivity contribution in [3.8, 4) is 0 Å². The molecule has 1 aliphatic heterocycles. The summed E-state index contributed by atoms with van der Waals surface area (Å²) in [6, 6.07) is 5.82. The first-order chi connectivity index (χ1) is 7.16. The van der Waals surface area contributed by atoms with Crippen LogP contribution in [0, 0.1) is 5.82 Å². The number of hydrogen-bond donors (Lipinski definition) is 1. The van der Waals surface area contributed by atoms with Gasteiger partial charge in [0.25, 0.3) is 0 Å². The molecule has 1 fully saturated rings. The van der Waals surface area contributed by atoms with Gasteiger partial charge in [0.2, 0.25) is 5.91 Å². The molecule has 0 radical (unpaired) electrons. The van der Waals surface area contributed by atoms with Crippen molar-refractivity contribution in [2.75, 3.05) is 6.54 Å². The van der Waals surface area contributed by atoms with E-state index in [1.165, 1.54) is 12.1 Å². The number of rotatable bonds is 2. The Kier molecular flexibility index (Phi) is 2.68. The first-order valence-corrected chi connectivity index (χ1v) is 4.95. The minimum absolute atomic E-state index is 0.0145. The van der Waals surface area contributed by atoms with E-state index in [4.69, 9.17) is 5.73 Å². The highest BCUT2D eigenvalue weighted by Crippen LogP contribution is 2.13. The average molecular weight is 208 g/mol. The standard InChI is InChI=1S/C11H13FN2O/c12-9-3-1-8(2-4-9)7-14-6-5-10(13)11(14)15/h1-4,10H,5-7,13H2. The number of halogens is 1. The van der Waals surface area contributed by atoms with Crippen LogP contribution in [0.2, 0.25) is 0 Å². The fourth-order valence-corrected chi connectivity index (χ4v) is 1.73. The van der Waals surface area contributed by atoms with Crippen LogP contribution >= 0.6 is 0 Å². The Morgan fingerprint density at radius 2 is 2.07 bits per heavy atom. The summed E-state index contributed by atoms with van der Waals surface area (Å²) in [4.78, 5) is 13.2. The van der Waals surface area contributed by atoms with Crippen LogP contribution in [0.15, 0.2) is 24.3 Å². The molecule has 1 atom stereocenters. The van der Waals surface area contributed by atoms with E-state index < -0.39 is 0 Å². The van der Waals surface area contributed by atoms with Crippen LogP contribution in [-0.4, -0.2) is 23.4 Å². The lowest BCUT2D eigenvalue weighted by Gasteiger charge is -2.15. The van der Waals surface area contributed by atoms with Gasteiger partial charge in [-0.2, -0.15) is 0 Å². The van der Waals surface area contributed by atoms with E-state index in [1.807, 2.05) is 0 Å². The quantitative estimate of drug-likeness (QED) is 0.784. The summed E-state index contributed by atoms with van der Waals surface area (Å²) in [5, 5.41) is 0. The molecule has 15 heavy (non-hydrogen) atoms. The Hall–Kier alpha value is -1.42. The summed E-state index contributed by atoms with van der Waals surface area (Å²) in [6.07, 6.45) is 0.708. The van der Waals surface area contributed by atoms with Crippen LogP contribution in [0.25, 0.3) is 0 Å². The number of amides is 1. The molecule has 2 rings (SSSR count). The van der Waals surface area contributed by atoms with Gasteiger partial charge in [-0.1, -0.05) is 12.1 Å². The first-order valence-electron chi connectivity index (χ1n) is 4.95. The number of carbonyl (C=O) groups is 1. The zero-order valence-corrected chi connectivity index (χ0v) is 8.32. The summed E-state index contributed by atoms with van der Waals surface area (Å²) < 4.78 is 12.6. The molecule has 0 spiro atoms. The molecule has 1 aliphatic rings. The van der Waals surface area contributed by atoms with E-state index in [2.05, 4.69) is 0 Å². The molecule has 80 valence electrons. The molecule has 0 saturated carbocycles. The van der Waals surface area contributed by atoms with Crippen LogP contribution in [-0.2, 0) is 11.3 Å². The molecular formula is C11H13FN2O. The van der Waals surface area contributed by atoms with Crippen LogP contribution in [0.5, 0.6) is 0 Å². The van der Waals surface area contributed by atoms with Gasteiger partial charge in [0.05, 0.1) is 6.04 Å². The summed E-state index contributed by atoms with van der Waals surface area (Å²) in [5.74, 6) is -0.275. The number of hydrogen-bond acceptors (Lipinski definition) is 2. The predicted octanol–water partition coefficient (Wildman–Crippen LogP) is 0.885. The summed E-state index contributed by atoms with van der Waals surface area (Å²) in [5.41, 5.74) is 6.52. The van der Waals surface area contributed by atoms with Gasteiger partial charge in [-0.05, 0) is 24.1 Å². The highest BCUT2D eigenvalue weighted by Gasteiger charge is 2.27. The van der Waals surface area contributed by atoms with E-state index >= 15 is 0 Å². The number of benzene rings is 1. The van der Waals surface area contributed by atoms with Crippen molar-refractivity contribution in [3.63, 3.8) is 0 Å². The lowest BCUT2D eigenvalue weighted by Crippen LogP contribution is -2.33. The van der Waals surface area contributed by atoms with Crippen molar-refractivity contribution in [2.24, 2.45) is 5.73 Å². The SMILES string of the molecule is NC1CCN(Cc2ccc(F)cc2)C1=O. The van der Waals surface area contributed by atoms with Crippen molar-refractivity contribution in [1.82, 2.24) is 4.90 Å². The van der Waals surface area contributed by atoms with Gasteiger partial charge < -0.3 is 10.6 Å². The Morgan fingerprint density at radius 3 is 2.60 bits per heavy atom. The molecule has 2 N–H and O–H groups in total. The Morgan fingerprint density at radius 1 is 1.40 bits per heavy atom. The lowest BCUT2D eigenvalue weighted by molar-refractivity contribution is -0.129. The van der Waals surface area contributed by atoms with Crippen LogP contribution in [0.1, 0.15) is 12.0 Å². The van der Waals surface area contributed by atoms with Gasteiger partial charge in [-0.15, -0.1) is 0 Å². The maximum Gasteiger partial charge on any atom is 0.239 e. The van der Waals surface area contributed by atoms with Gasteiger partial charge in [0.15, 0.2) is 0 Å². The van der Waals surface area contributed by atoms with Crippen LogP contribution in [0.4, 0.5) is 4.39 Å². The highest BCUT2D eigenvalue weighted by molar-refractivity contribution is 5.83. The predicted molar refractivity (Wildman–Crippen MR) is 54.4 cm³/mol. The normalized spacial score (nSPS) is 21.1. The lowest BCUT2D eigenvalue weighted by atomic mass is 10.2. The van der Waals surface area contributed by atoms with Gasteiger partial charge in [0, 0.05) is 13.1 Å². The van der Waals surface area contributed by atoms with Crippen molar-refractivity contribution >= 4 is 5.91 Å². The van der Waals surface area contributed by atoms with E-state index in [0.717, 1.165) is 5.56 Å². The molecule has 3 nitrogen and oxygen atoms in total. The zero-order valence-electron chi connectivity index (χ0n) is 8.32. The summed E-state index contributed by atoms with van der Waals surface area (Å²) in [6.45, 7) is 1.21. The van der Waals surface area contributed by atoms with E-state index in [9.17, 15) is 9.18 Å². The number of likely N-dealkylation sites (tertiary alicyclic amines) is 1. The Balaban J connectivity index is 2.03. The zero-order chi connectivity index (χ0) is 10.8. The molecular weight excluding hydrogens is 195 g/mol. The van der Waals surface area contributed by atoms with Gasteiger partial charge in [-0.25, -0.2) is 4.39 Å². The third-order valence-electron chi connectivity index (χ3n) is 2.63. The maximum absolute atomic E-state index is 12.6. The van der Waals surface area contributed by atoms with E-state index in [-0.39, 0.29) is 17.8 Å². The first kappa shape index (κ1) is 10.1. The topological polar surface area (TPSA) is 46.3 Å². The fourth-order valence-electron chi connectivity index (χ4n) is 1.73. The van der Waals surface area contributed by atoms with Crippen molar-refractivity contribution < 1.29 is 9.18 Å². The largest absolute Gasteiger partial charge is 0.337 e. The fraction of sp³-hybridized carbons (Fsp3) is 0.364. The molecule has 1 saturated heterocycles. The van der Waals surface area contributed by atoms with Crippen LogP contribution in [0.3, 0.4) is 0 Å². The Bertz CT molecular complexity index is 363. The van der Waals surface area contributed by atoms with Gasteiger partial charge in [-0.3, -0.25) is 4.79 Å². The molecule has 1 aromatic rings. The molecule has 1 amide bonds. The van der Waals surface area contributed by atoms with E-state index in [1.54, 1.807) is 17.0 Å². The number of carbonyl (C=O) groups excluding carboxylic acids is 1. The number of nitrogens with two attached hydrogens (primary N) is 1. The molecule has 1 heterocycles. The molecule has 0 bridgehead atoms. The summed E-state index contributed by atoms with van der Waals surface area (Å²) in [7, 11) is 0. The third-order valence-corrected chi connectivity index (χ3v) is 2.63. The maximum atomic E-state index is 12.6. The molecule has 1 unspecified atom stereocenters. The molecule has 4 heteroatoms. The van der Waals surface area contributed by atoms with Gasteiger partial charge in [0.1, 0.15) is 5.82 Å². The van der Waals surface area contributed by atoms with E-state index in [0.29, 0.717) is 19.5 Å².